The Hall–Kier alpha value is -0.120. The van der Waals surface area contributed by atoms with Crippen LogP contribution in [0.2, 0.25) is 0 Å². The summed E-state index contributed by atoms with van der Waals surface area (Å²) < 4.78 is 5.33. The Balaban J connectivity index is 0.000000461. The largest absolute Gasteiger partial charge is 0.376 e. The lowest BCUT2D eigenvalue weighted by atomic mass is 10.2. The average molecular weight is 160 g/mol. The van der Waals surface area contributed by atoms with E-state index in [4.69, 9.17) is 10.5 Å². The van der Waals surface area contributed by atoms with E-state index in [9.17, 15) is 0 Å². The molecule has 1 aliphatic rings. The van der Waals surface area contributed by atoms with Crippen molar-refractivity contribution >= 4 is 0 Å². The molecule has 1 saturated heterocycles. The van der Waals surface area contributed by atoms with Crippen LogP contribution in [0.1, 0.15) is 20.8 Å². The van der Waals surface area contributed by atoms with Crippen LogP contribution in [0.15, 0.2) is 0 Å². The van der Waals surface area contributed by atoms with E-state index in [1.54, 1.807) is 0 Å². The van der Waals surface area contributed by atoms with Gasteiger partial charge in [-0.25, -0.2) is 0 Å². The minimum atomic E-state index is 0.199. The van der Waals surface area contributed by atoms with Crippen LogP contribution in [0, 0.1) is 0 Å². The average Bonchev–Trinajstić information content (AvgIpc) is 2.42. The molecule has 0 saturated carbocycles. The molecule has 1 fully saturated rings. The molecular weight excluding hydrogens is 140 g/mol. The van der Waals surface area contributed by atoms with Gasteiger partial charge in [-0.2, -0.15) is 0 Å². The molecule has 0 spiro atoms. The van der Waals surface area contributed by atoms with Crippen molar-refractivity contribution in [3.05, 3.63) is 0 Å². The van der Waals surface area contributed by atoms with Crippen LogP contribution >= 0.6 is 0 Å². The van der Waals surface area contributed by atoms with Gasteiger partial charge in [0.1, 0.15) is 0 Å². The molecule has 3 heteroatoms. The van der Waals surface area contributed by atoms with Crippen molar-refractivity contribution in [1.82, 2.24) is 5.32 Å². The summed E-state index contributed by atoms with van der Waals surface area (Å²) in [6, 6.07) is 0.199. The summed E-state index contributed by atoms with van der Waals surface area (Å²) in [7, 11) is 0. The third-order valence-corrected chi connectivity index (χ3v) is 1.58. The van der Waals surface area contributed by atoms with Gasteiger partial charge in [0.25, 0.3) is 0 Å². The highest BCUT2D eigenvalue weighted by atomic mass is 16.5. The van der Waals surface area contributed by atoms with Crippen molar-refractivity contribution < 1.29 is 4.74 Å². The molecule has 0 aromatic carbocycles. The van der Waals surface area contributed by atoms with Gasteiger partial charge in [-0.3, -0.25) is 0 Å². The summed E-state index contributed by atoms with van der Waals surface area (Å²) in [6.45, 7) is 8.56. The minimum Gasteiger partial charge on any atom is -0.376 e. The number of nitrogens with one attached hydrogen (secondary N) is 1. The van der Waals surface area contributed by atoms with E-state index in [2.05, 4.69) is 5.32 Å². The SMILES string of the molecule is CC.CCOC1CNCC1N. The second-order valence-corrected chi connectivity index (χ2v) is 2.32. The van der Waals surface area contributed by atoms with E-state index in [0.717, 1.165) is 19.7 Å². The molecule has 2 atom stereocenters. The molecule has 11 heavy (non-hydrogen) atoms. The third kappa shape index (κ3) is 3.70. The number of ether oxygens (including phenoxy) is 1. The van der Waals surface area contributed by atoms with Gasteiger partial charge in [0, 0.05) is 25.7 Å². The van der Waals surface area contributed by atoms with E-state index < -0.39 is 0 Å². The van der Waals surface area contributed by atoms with Crippen LogP contribution in [0.3, 0.4) is 0 Å². The lowest BCUT2D eigenvalue weighted by Gasteiger charge is -2.12. The number of nitrogens with two attached hydrogens (primary N) is 1. The van der Waals surface area contributed by atoms with Crippen molar-refractivity contribution in [1.29, 1.82) is 0 Å². The Morgan fingerprint density at radius 3 is 2.45 bits per heavy atom. The molecule has 1 aliphatic heterocycles. The molecule has 0 aromatic heterocycles. The first-order valence-corrected chi connectivity index (χ1v) is 4.42. The van der Waals surface area contributed by atoms with Crippen LogP contribution in [-0.2, 0) is 4.74 Å². The van der Waals surface area contributed by atoms with Gasteiger partial charge in [-0.1, -0.05) is 13.8 Å². The van der Waals surface area contributed by atoms with Gasteiger partial charge in [0.2, 0.25) is 0 Å². The second kappa shape index (κ2) is 6.58. The summed E-state index contributed by atoms with van der Waals surface area (Å²) in [6.07, 6.45) is 0.245. The molecule has 1 heterocycles. The topological polar surface area (TPSA) is 47.3 Å². The minimum absolute atomic E-state index is 0.199. The fraction of sp³-hybridized carbons (Fsp3) is 1.00. The van der Waals surface area contributed by atoms with Crippen molar-refractivity contribution in [3.8, 4) is 0 Å². The monoisotopic (exact) mass is 160 g/mol. The third-order valence-electron chi connectivity index (χ3n) is 1.58. The number of rotatable bonds is 2. The molecule has 3 N–H and O–H groups in total. The van der Waals surface area contributed by atoms with Crippen molar-refractivity contribution in [2.24, 2.45) is 5.73 Å². The summed E-state index contributed by atoms with van der Waals surface area (Å²) in [4.78, 5) is 0. The molecule has 3 nitrogen and oxygen atoms in total. The molecule has 0 aliphatic carbocycles. The molecule has 0 amide bonds. The standard InChI is InChI=1S/C6H14N2O.C2H6/c1-2-9-6-4-8-3-5(6)7;1-2/h5-6,8H,2-4,7H2,1H3;1-2H3. The molecule has 0 radical (unpaired) electrons. The van der Waals surface area contributed by atoms with Crippen molar-refractivity contribution in [2.75, 3.05) is 19.7 Å². The van der Waals surface area contributed by atoms with Gasteiger partial charge in [0.15, 0.2) is 0 Å². The van der Waals surface area contributed by atoms with Gasteiger partial charge in [-0.15, -0.1) is 0 Å². The second-order valence-electron chi connectivity index (χ2n) is 2.32. The number of hydrogen-bond acceptors (Lipinski definition) is 3. The Bertz CT molecular complexity index is 88.2. The normalized spacial score (nSPS) is 29.5. The summed E-state index contributed by atoms with van der Waals surface area (Å²) in [5, 5.41) is 3.16. The Kier molecular flexibility index (Phi) is 6.51. The first kappa shape index (κ1) is 10.9. The van der Waals surface area contributed by atoms with Gasteiger partial charge in [0.05, 0.1) is 6.10 Å². The van der Waals surface area contributed by atoms with Crippen LogP contribution in [0.5, 0.6) is 0 Å². The highest BCUT2D eigenvalue weighted by Crippen LogP contribution is 2.00. The quantitative estimate of drug-likeness (QED) is 0.612. The fourth-order valence-electron chi connectivity index (χ4n) is 1.07. The molecule has 0 aromatic rings. The van der Waals surface area contributed by atoms with Crippen LogP contribution in [0.25, 0.3) is 0 Å². The summed E-state index contributed by atoms with van der Waals surface area (Å²) >= 11 is 0. The fourth-order valence-corrected chi connectivity index (χ4v) is 1.07. The van der Waals surface area contributed by atoms with E-state index in [-0.39, 0.29) is 12.1 Å². The Morgan fingerprint density at radius 1 is 1.45 bits per heavy atom. The zero-order valence-corrected chi connectivity index (χ0v) is 7.76. The zero-order valence-electron chi connectivity index (χ0n) is 7.76. The maximum absolute atomic E-state index is 5.68. The van der Waals surface area contributed by atoms with E-state index in [1.807, 2.05) is 20.8 Å². The lowest BCUT2D eigenvalue weighted by molar-refractivity contribution is 0.0671. The Labute approximate surface area is 69.3 Å². The van der Waals surface area contributed by atoms with Crippen LogP contribution in [0.4, 0.5) is 0 Å². The first-order chi connectivity index (χ1) is 5.34. The first-order valence-electron chi connectivity index (χ1n) is 4.42. The summed E-state index contributed by atoms with van der Waals surface area (Å²) in [5.41, 5.74) is 5.68. The molecule has 0 bridgehead atoms. The summed E-state index contributed by atoms with van der Waals surface area (Å²) in [5.74, 6) is 0. The predicted octanol–water partition coefficient (Wildman–Crippen LogP) is 0.348. The van der Waals surface area contributed by atoms with Gasteiger partial charge in [-0.05, 0) is 6.92 Å². The van der Waals surface area contributed by atoms with Crippen LogP contribution < -0.4 is 11.1 Å². The molecule has 68 valence electrons. The van der Waals surface area contributed by atoms with E-state index in [0.29, 0.717) is 0 Å². The maximum Gasteiger partial charge on any atom is 0.0862 e. The smallest absolute Gasteiger partial charge is 0.0862 e. The lowest BCUT2D eigenvalue weighted by Crippen LogP contribution is -2.35. The van der Waals surface area contributed by atoms with Crippen LogP contribution in [-0.4, -0.2) is 31.8 Å². The van der Waals surface area contributed by atoms with E-state index in [1.165, 1.54) is 0 Å². The molecular formula is C8H20N2O. The van der Waals surface area contributed by atoms with Gasteiger partial charge < -0.3 is 15.8 Å². The molecule has 2 unspecified atom stereocenters. The van der Waals surface area contributed by atoms with Crippen molar-refractivity contribution in [2.45, 2.75) is 32.9 Å². The highest BCUT2D eigenvalue weighted by molar-refractivity contribution is 4.84. The zero-order chi connectivity index (χ0) is 8.69. The molecule has 1 rings (SSSR count). The Morgan fingerprint density at radius 2 is 2.09 bits per heavy atom. The van der Waals surface area contributed by atoms with E-state index >= 15 is 0 Å². The van der Waals surface area contributed by atoms with Crippen molar-refractivity contribution in [3.63, 3.8) is 0 Å². The predicted molar refractivity (Wildman–Crippen MR) is 47.6 cm³/mol. The maximum atomic E-state index is 5.68. The van der Waals surface area contributed by atoms with Gasteiger partial charge >= 0.3 is 0 Å². The highest BCUT2D eigenvalue weighted by Gasteiger charge is 2.22. The number of hydrogen-bond donors (Lipinski definition) is 2.